The first kappa shape index (κ1) is 23.9. The number of carbonyl (C=O) groups is 4. The van der Waals surface area contributed by atoms with E-state index >= 15 is 0 Å². The van der Waals surface area contributed by atoms with Gasteiger partial charge in [0.2, 0.25) is 5.91 Å². The molecule has 30 heavy (non-hydrogen) atoms. The van der Waals surface area contributed by atoms with E-state index < -0.39 is 48.9 Å². The van der Waals surface area contributed by atoms with E-state index in [0.717, 1.165) is 0 Å². The van der Waals surface area contributed by atoms with E-state index in [1.54, 1.807) is 12.1 Å². The van der Waals surface area contributed by atoms with E-state index in [9.17, 15) is 23.6 Å². The quantitative estimate of drug-likeness (QED) is 0.613. The van der Waals surface area contributed by atoms with Crippen LogP contribution in [0.3, 0.4) is 0 Å². The van der Waals surface area contributed by atoms with Gasteiger partial charge in [-0.25, -0.2) is 9.18 Å². The number of halogens is 3. The van der Waals surface area contributed by atoms with Crippen LogP contribution in [0.4, 0.5) is 9.18 Å². The maximum Gasteiger partial charge on any atom is 0.410 e. The second-order valence-electron chi connectivity index (χ2n) is 6.75. The van der Waals surface area contributed by atoms with Gasteiger partial charge in [-0.1, -0.05) is 29.3 Å². The molecule has 11 heteroatoms. The molecule has 2 amide bonds. The molecule has 2 atom stereocenters. The smallest absolute Gasteiger partial charge is 0.410 e. The SMILES string of the molecule is O=C(O)CC(NC(=O)[C@@H]1CCCCN1C(=O)OCc1ccc(Cl)cc1Cl)C(=O)CF. The number of ketones is 1. The van der Waals surface area contributed by atoms with Gasteiger partial charge in [0.05, 0.1) is 6.42 Å². The Balaban J connectivity index is 2.04. The molecule has 1 aliphatic rings. The highest BCUT2D eigenvalue weighted by Crippen LogP contribution is 2.23. The Labute approximate surface area is 182 Å². The van der Waals surface area contributed by atoms with Crippen LogP contribution in [-0.2, 0) is 25.7 Å². The van der Waals surface area contributed by atoms with Gasteiger partial charge in [-0.2, -0.15) is 0 Å². The van der Waals surface area contributed by atoms with Crippen molar-refractivity contribution in [3.8, 4) is 0 Å². The third-order valence-corrected chi connectivity index (χ3v) is 5.21. The van der Waals surface area contributed by atoms with Crippen LogP contribution in [0.25, 0.3) is 0 Å². The molecule has 2 N–H and O–H groups in total. The van der Waals surface area contributed by atoms with Gasteiger partial charge in [-0.15, -0.1) is 0 Å². The number of likely N-dealkylation sites (tertiary alicyclic amines) is 1. The summed E-state index contributed by atoms with van der Waals surface area (Å²) in [6.45, 7) is -1.30. The van der Waals surface area contributed by atoms with Crippen molar-refractivity contribution >= 4 is 47.0 Å². The largest absolute Gasteiger partial charge is 0.481 e. The summed E-state index contributed by atoms with van der Waals surface area (Å²) >= 11 is 11.9. The number of rotatable bonds is 8. The topological polar surface area (TPSA) is 113 Å². The molecule has 1 aromatic rings. The Morgan fingerprint density at radius 2 is 2.00 bits per heavy atom. The van der Waals surface area contributed by atoms with Crippen molar-refractivity contribution in [1.29, 1.82) is 0 Å². The Kier molecular flexibility index (Phi) is 8.86. The minimum Gasteiger partial charge on any atom is -0.481 e. The molecule has 1 aromatic carbocycles. The van der Waals surface area contributed by atoms with Crippen molar-refractivity contribution in [3.05, 3.63) is 33.8 Å². The predicted octanol–water partition coefficient (Wildman–Crippen LogP) is 2.98. The molecule has 2 rings (SSSR count). The average Bonchev–Trinajstić information content (AvgIpc) is 2.71. The number of nitrogens with one attached hydrogen (secondary N) is 1. The number of piperidine rings is 1. The van der Waals surface area contributed by atoms with E-state index in [1.807, 2.05) is 0 Å². The van der Waals surface area contributed by atoms with Gasteiger partial charge in [-0.3, -0.25) is 19.3 Å². The maximum atomic E-state index is 12.7. The summed E-state index contributed by atoms with van der Waals surface area (Å²) < 4.78 is 18.0. The van der Waals surface area contributed by atoms with Gasteiger partial charge in [0.25, 0.3) is 0 Å². The number of hydrogen-bond acceptors (Lipinski definition) is 5. The summed E-state index contributed by atoms with van der Waals surface area (Å²) in [6, 6.07) is 2.24. The lowest BCUT2D eigenvalue weighted by Crippen LogP contribution is -2.55. The number of carboxylic acids is 1. The Morgan fingerprint density at radius 1 is 1.27 bits per heavy atom. The van der Waals surface area contributed by atoms with Crippen LogP contribution in [0.1, 0.15) is 31.2 Å². The molecule has 1 unspecified atom stereocenters. The molecule has 0 aliphatic carbocycles. The molecular weight excluding hydrogens is 442 g/mol. The van der Waals surface area contributed by atoms with Crippen LogP contribution in [0.5, 0.6) is 0 Å². The zero-order valence-electron chi connectivity index (χ0n) is 15.9. The van der Waals surface area contributed by atoms with Crippen molar-refractivity contribution in [3.63, 3.8) is 0 Å². The highest BCUT2D eigenvalue weighted by molar-refractivity contribution is 6.35. The second kappa shape index (κ2) is 11.1. The summed E-state index contributed by atoms with van der Waals surface area (Å²) in [6.07, 6.45) is 0.0774. The number of alkyl halides is 1. The summed E-state index contributed by atoms with van der Waals surface area (Å²) in [5.74, 6) is -3.14. The van der Waals surface area contributed by atoms with E-state index in [-0.39, 0.29) is 13.2 Å². The molecule has 0 bridgehead atoms. The fourth-order valence-electron chi connectivity index (χ4n) is 3.06. The third kappa shape index (κ3) is 6.56. The number of aliphatic carboxylic acids is 1. The fraction of sp³-hybridized carbons (Fsp3) is 0.474. The van der Waals surface area contributed by atoms with Crippen molar-refractivity contribution in [2.75, 3.05) is 13.2 Å². The predicted molar refractivity (Wildman–Crippen MR) is 106 cm³/mol. The number of carbonyl (C=O) groups excluding carboxylic acids is 3. The minimum absolute atomic E-state index is 0.137. The number of amides is 2. The van der Waals surface area contributed by atoms with Gasteiger partial charge in [0.15, 0.2) is 5.78 Å². The monoisotopic (exact) mass is 462 g/mol. The Bertz CT molecular complexity index is 822. The van der Waals surface area contributed by atoms with E-state index in [1.165, 1.54) is 11.0 Å². The van der Waals surface area contributed by atoms with Crippen LogP contribution in [0.15, 0.2) is 18.2 Å². The maximum absolute atomic E-state index is 12.7. The van der Waals surface area contributed by atoms with Crippen molar-refractivity contribution in [2.24, 2.45) is 0 Å². The lowest BCUT2D eigenvalue weighted by Gasteiger charge is -2.34. The zero-order chi connectivity index (χ0) is 22.3. The third-order valence-electron chi connectivity index (χ3n) is 4.62. The molecular formula is C19H21Cl2FN2O6. The van der Waals surface area contributed by atoms with Crippen LogP contribution in [-0.4, -0.2) is 59.1 Å². The fourth-order valence-corrected chi connectivity index (χ4v) is 3.53. The van der Waals surface area contributed by atoms with Crippen LogP contribution in [0, 0.1) is 0 Å². The first-order valence-corrected chi connectivity index (χ1v) is 9.96. The van der Waals surface area contributed by atoms with Crippen LogP contribution in [0.2, 0.25) is 10.0 Å². The number of Topliss-reactive ketones (excluding diaryl/α,β-unsaturated/α-hetero) is 1. The molecule has 0 spiro atoms. The zero-order valence-corrected chi connectivity index (χ0v) is 17.4. The lowest BCUT2D eigenvalue weighted by atomic mass is 10.0. The highest BCUT2D eigenvalue weighted by atomic mass is 35.5. The van der Waals surface area contributed by atoms with Crippen LogP contribution >= 0.6 is 23.2 Å². The molecule has 0 radical (unpaired) electrons. The number of nitrogens with zero attached hydrogens (tertiary/aromatic N) is 1. The summed E-state index contributed by atoms with van der Waals surface area (Å²) in [7, 11) is 0. The molecule has 0 aromatic heterocycles. The summed E-state index contributed by atoms with van der Waals surface area (Å²) in [5, 5.41) is 11.9. The van der Waals surface area contributed by atoms with Gasteiger partial charge in [0, 0.05) is 22.2 Å². The highest BCUT2D eigenvalue weighted by Gasteiger charge is 2.35. The second-order valence-corrected chi connectivity index (χ2v) is 7.60. The molecule has 1 fully saturated rings. The van der Waals surface area contributed by atoms with Crippen molar-refractivity contribution in [2.45, 2.75) is 44.4 Å². The number of ether oxygens (including phenoxy) is 1. The van der Waals surface area contributed by atoms with E-state index in [0.29, 0.717) is 34.9 Å². The first-order chi connectivity index (χ1) is 14.2. The lowest BCUT2D eigenvalue weighted by molar-refractivity contribution is -0.140. The Hall–Kier alpha value is -2.39. The summed E-state index contributed by atoms with van der Waals surface area (Å²) in [4.78, 5) is 48.9. The first-order valence-electron chi connectivity index (χ1n) is 9.21. The molecule has 0 saturated carbocycles. The van der Waals surface area contributed by atoms with E-state index in [4.69, 9.17) is 33.0 Å². The number of hydrogen-bond donors (Lipinski definition) is 2. The molecule has 164 valence electrons. The van der Waals surface area contributed by atoms with Gasteiger partial charge in [0.1, 0.15) is 25.4 Å². The minimum atomic E-state index is -1.51. The number of carboxylic acid groups (broad SMARTS) is 1. The van der Waals surface area contributed by atoms with Crippen molar-refractivity contribution < 1.29 is 33.4 Å². The standard InChI is InChI=1S/C19H21Cl2FN2O6/c20-12-5-4-11(13(21)7-12)10-30-19(29)24-6-2-1-3-15(24)18(28)23-14(8-17(26)27)16(25)9-22/h4-5,7,14-15H,1-3,6,8-10H2,(H,23,28)(H,26,27)/t14?,15-/m0/s1. The number of benzene rings is 1. The Morgan fingerprint density at radius 3 is 2.63 bits per heavy atom. The van der Waals surface area contributed by atoms with Gasteiger partial charge in [-0.05, 0) is 31.4 Å². The van der Waals surface area contributed by atoms with Gasteiger partial charge < -0.3 is 15.2 Å². The van der Waals surface area contributed by atoms with Crippen molar-refractivity contribution in [1.82, 2.24) is 10.2 Å². The molecule has 1 aliphatic heterocycles. The average molecular weight is 463 g/mol. The van der Waals surface area contributed by atoms with Crippen LogP contribution < -0.4 is 5.32 Å². The van der Waals surface area contributed by atoms with Gasteiger partial charge >= 0.3 is 12.1 Å². The normalized spacial score (nSPS) is 17.2. The van der Waals surface area contributed by atoms with E-state index in [2.05, 4.69) is 5.32 Å². The molecule has 1 heterocycles. The molecule has 1 saturated heterocycles. The molecule has 8 nitrogen and oxygen atoms in total. The summed E-state index contributed by atoms with van der Waals surface area (Å²) in [5.41, 5.74) is 0.530.